The molecule has 1 aromatic heterocycles. The van der Waals surface area contributed by atoms with Gasteiger partial charge in [-0.25, -0.2) is 0 Å². The van der Waals surface area contributed by atoms with Crippen molar-refractivity contribution < 1.29 is 9.47 Å². The van der Waals surface area contributed by atoms with E-state index in [0.717, 1.165) is 30.2 Å². The lowest BCUT2D eigenvalue weighted by atomic mass is 10.1. The van der Waals surface area contributed by atoms with E-state index in [1.165, 1.54) is 10.4 Å². The predicted octanol–water partition coefficient (Wildman–Crippen LogP) is 3.38. The summed E-state index contributed by atoms with van der Waals surface area (Å²) in [6, 6.07) is 10.5. The van der Waals surface area contributed by atoms with Gasteiger partial charge in [-0.2, -0.15) is 0 Å². The molecule has 1 aromatic carbocycles. The molecule has 0 aliphatic heterocycles. The van der Waals surface area contributed by atoms with Gasteiger partial charge in [-0.1, -0.05) is 18.2 Å². The lowest BCUT2D eigenvalue weighted by Gasteiger charge is -2.15. The molecular weight excluding hydrogens is 346 g/mol. The molecule has 2 aromatic rings. The van der Waals surface area contributed by atoms with Crippen LogP contribution >= 0.6 is 11.3 Å². The van der Waals surface area contributed by atoms with Crippen LogP contribution in [-0.4, -0.2) is 39.4 Å². The maximum Gasteiger partial charge on any atom is 0.191 e. The fourth-order valence-corrected chi connectivity index (χ4v) is 3.16. The van der Waals surface area contributed by atoms with Gasteiger partial charge >= 0.3 is 0 Å². The number of thiophene rings is 1. The first-order valence-electron chi connectivity index (χ1n) is 9.00. The summed E-state index contributed by atoms with van der Waals surface area (Å²) in [5.41, 5.74) is 2.28. The number of aliphatic imine (C=N–C) groups is 1. The van der Waals surface area contributed by atoms with Gasteiger partial charge in [0, 0.05) is 37.2 Å². The Kier molecular flexibility index (Phi) is 9.00. The maximum atomic E-state index is 5.89. The third-order valence-electron chi connectivity index (χ3n) is 3.83. The predicted molar refractivity (Wildman–Crippen MR) is 109 cm³/mol. The number of nitrogens with zero attached hydrogens (tertiary/aromatic N) is 1. The Bertz CT molecular complexity index is 672. The van der Waals surface area contributed by atoms with Crippen molar-refractivity contribution in [2.45, 2.75) is 26.8 Å². The molecular formula is C20H29N3O2S. The molecule has 2 N–H and O–H groups in total. The molecule has 0 aliphatic rings. The third kappa shape index (κ3) is 7.06. The number of rotatable bonds is 10. The van der Waals surface area contributed by atoms with Crippen molar-refractivity contribution in [1.29, 1.82) is 0 Å². The number of guanidine groups is 1. The van der Waals surface area contributed by atoms with Crippen LogP contribution in [0.1, 0.15) is 22.9 Å². The van der Waals surface area contributed by atoms with Gasteiger partial charge in [0.1, 0.15) is 12.4 Å². The summed E-state index contributed by atoms with van der Waals surface area (Å²) in [7, 11) is 1.79. The first-order chi connectivity index (χ1) is 12.7. The average molecular weight is 376 g/mol. The van der Waals surface area contributed by atoms with Crippen LogP contribution in [0.25, 0.3) is 0 Å². The average Bonchev–Trinajstić information content (AvgIpc) is 3.16. The fraction of sp³-hybridized carbons (Fsp3) is 0.450. The number of hydrogen-bond donors (Lipinski definition) is 2. The summed E-state index contributed by atoms with van der Waals surface area (Å²) in [6.45, 7) is 7.42. The van der Waals surface area contributed by atoms with E-state index in [2.05, 4.69) is 58.3 Å². The van der Waals surface area contributed by atoms with Gasteiger partial charge in [-0.3, -0.25) is 4.99 Å². The van der Waals surface area contributed by atoms with Gasteiger partial charge < -0.3 is 20.1 Å². The zero-order valence-corrected chi connectivity index (χ0v) is 16.7. The Labute approximate surface area is 160 Å². The number of aryl methyl sites for hydroxylation is 1. The van der Waals surface area contributed by atoms with E-state index in [-0.39, 0.29) is 0 Å². The second kappa shape index (κ2) is 11.5. The van der Waals surface area contributed by atoms with Gasteiger partial charge in [0.15, 0.2) is 5.96 Å². The monoisotopic (exact) mass is 375 g/mol. The largest absolute Gasteiger partial charge is 0.491 e. The number of ether oxygens (including phenoxy) is 2. The van der Waals surface area contributed by atoms with E-state index in [4.69, 9.17) is 9.47 Å². The zero-order valence-electron chi connectivity index (χ0n) is 15.9. The number of nitrogens with one attached hydrogen (secondary N) is 2. The highest BCUT2D eigenvalue weighted by Gasteiger charge is 2.06. The second-order valence-electron chi connectivity index (χ2n) is 5.84. The van der Waals surface area contributed by atoms with E-state index < -0.39 is 0 Å². The molecule has 142 valence electrons. The van der Waals surface area contributed by atoms with Crippen molar-refractivity contribution in [3.05, 3.63) is 51.7 Å². The Morgan fingerprint density at radius 3 is 2.81 bits per heavy atom. The molecule has 0 saturated heterocycles. The lowest BCUT2D eigenvalue weighted by Crippen LogP contribution is -2.37. The van der Waals surface area contributed by atoms with Crippen LogP contribution in [0.5, 0.6) is 5.75 Å². The van der Waals surface area contributed by atoms with Crippen LogP contribution in [0.3, 0.4) is 0 Å². The van der Waals surface area contributed by atoms with Crippen LogP contribution in [-0.2, 0) is 17.7 Å². The Balaban J connectivity index is 1.83. The number of benzene rings is 1. The third-order valence-corrected chi connectivity index (χ3v) is 4.76. The van der Waals surface area contributed by atoms with Crippen LogP contribution in [0.4, 0.5) is 0 Å². The minimum Gasteiger partial charge on any atom is -0.491 e. The van der Waals surface area contributed by atoms with Crippen molar-refractivity contribution >= 4 is 17.3 Å². The van der Waals surface area contributed by atoms with Crippen LogP contribution in [0.2, 0.25) is 0 Å². The minimum atomic E-state index is 0.554. The highest BCUT2D eigenvalue weighted by molar-refractivity contribution is 7.09. The molecule has 0 radical (unpaired) electrons. The molecule has 2 rings (SSSR count). The standard InChI is InChI=1S/C20H29N3O2S/c1-4-24-11-12-25-19-14-16(2)7-8-17(19)15-23-20(21-3)22-10-9-18-6-5-13-26-18/h5-8,13-14H,4,9-12,15H2,1-3H3,(H2,21,22,23). The molecule has 0 fully saturated rings. The van der Waals surface area contributed by atoms with Crippen molar-refractivity contribution in [3.63, 3.8) is 0 Å². The molecule has 6 heteroatoms. The summed E-state index contributed by atoms with van der Waals surface area (Å²) < 4.78 is 11.2. The molecule has 26 heavy (non-hydrogen) atoms. The summed E-state index contributed by atoms with van der Waals surface area (Å²) in [5, 5.41) is 8.82. The molecule has 0 spiro atoms. The second-order valence-corrected chi connectivity index (χ2v) is 6.87. The van der Waals surface area contributed by atoms with Crippen LogP contribution < -0.4 is 15.4 Å². The van der Waals surface area contributed by atoms with Gasteiger partial charge in [-0.05, 0) is 43.3 Å². The quantitative estimate of drug-likeness (QED) is 0.380. The van der Waals surface area contributed by atoms with E-state index >= 15 is 0 Å². The topological polar surface area (TPSA) is 54.9 Å². The molecule has 0 unspecified atom stereocenters. The van der Waals surface area contributed by atoms with Gasteiger partial charge in [0.25, 0.3) is 0 Å². The minimum absolute atomic E-state index is 0.554. The molecule has 5 nitrogen and oxygen atoms in total. The molecule has 0 aliphatic carbocycles. The highest BCUT2D eigenvalue weighted by Crippen LogP contribution is 2.20. The molecule has 0 bridgehead atoms. The molecule has 1 heterocycles. The Morgan fingerprint density at radius 2 is 2.08 bits per heavy atom. The molecule has 0 atom stereocenters. The smallest absolute Gasteiger partial charge is 0.191 e. The van der Waals surface area contributed by atoms with Crippen molar-refractivity contribution in [2.24, 2.45) is 4.99 Å². The fourth-order valence-electron chi connectivity index (χ4n) is 2.46. The van der Waals surface area contributed by atoms with Gasteiger partial charge in [0.2, 0.25) is 0 Å². The summed E-state index contributed by atoms with van der Waals surface area (Å²) in [6.07, 6.45) is 0.995. The van der Waals surface area contributed by atoms with Crippen LogP contribution in [0, 0.1) is 6.92 Å². The van der Waals surface area contributed by atoms with Gasteiger partial charge in [-0.15, -0.1) is 11.3 Å². The highest BCUT2D eigenvalue weighted by atomic mass is 32.1. The maximum absolute atomic E-state index is 5.89. The zero-order chi connectivity index (χ0) is 18.6. The molecule has 0 saturated carbocycles. The van der Waals surface area contributed by atoms with Crippen LogP contribution in [0.15, 0.2) is 40.7 Å². The summed E-state index contributed by atoms with van der Waals surface area (Å²) >= 11 is 1.78. The first kappa shape index (κ1) is 20.3. The lowest BCUT2D eigenvalue weighted by molar-refractivity contribution is 0.110. The van der Waals surface area contributed by atoms with E-state index in [9.17, 15) is 0 Å². The van der Waals surface area contributed by atoms with Crippen molar-refractivity contribution in [3.8, 4) is 5.75 Å². The Hall–Kier alpha value is -2.05. The normalized spacial score (nSPS) is 11.4. The van der Waals surface area contributed by atoms with E-state index in [1.54, 1.807) is 18.4 Å². The molecule has 0 amide bonds. The van der Waals surface area contributed by atoms with Crippen molar-refractivity contribution in [1.82, 2.24) is 10.6 Å². The van der Waals surface area contributed by atoms with E-state index in [0.29, 0.717) is 26.4 Å². The van der Waals surface area contributed by atoms with E-state index in [1.807, 2.05) is 6.92 Å². The first-order valence-corrected chi connectivity index (χ1v) is 9.88. The Morgan fingerprint density at radius 1 is 1.19 bits per heavy atom. The number of hydrogen-bond acceptors (Lipinski definition) is 4. The van der Waals surface area contributed by atoms with Gasteiger partial charge in [0.05, 0.1) is 6.61 Å². The van der Waals surface area contributed by atoms with Crippen molar-refractivity contribution in [2.75, 3.05) is 33.4 Å². The summed E-state index contributed by atoms with van der Waals surface area (Å²) in [4.78, 5) is 5.66. The summed E-state index contributed by atoms with van der Waals surface area (Å²) in [5.74, 6) is 1.69. The SMILES string of the molecule is CCOCCOc1cc(C)ccc1CNC(=NC)NCCc1cccs1.